The lowest BCUT2D eigenvalue weighted by Gasteiger charge is -2.37. The van der Waals surface area contributed by atoms with Crippen LogP contribution in [-0.2, 0) is 16.0 Å². The maximum atomic E-state index is 11.5. The van der Waals surface area contributed by atoms with Crippen molar-refractivity contribution >= 4 is 17.3 Å². The highest BCUT2D eigenvalue weighted by Gasteiger charge is 2.36. The molecular formula is C13H19NO3S. The van der Waals surface area contributed by atoms with E-state index in [0.717, 1.165) is 13.0 Å². The van der Waals surface area contributed by atoms with Crippen LogP contribution >= 0.6 is 11.3 Å². The van der Waals surface area contributed by atoms with E-state index in [1.54, 1.807) is 11.3 Å². The Hall–Kier alpha value is -0.910. The molecule has 0 aromatic carbocycles. The topological polar surface area (TPSA) is 49.8 Å². The summed E-state index contributed by atoms with van der Waals surface area (Å²) in [6, 6.07) is 2.36. The molecule has 1 aromatic heterocycles. The molecule has 4 nitrogen and oxygen atoms in total. The van der Waals surface area contributed by atoms with Crippen LogP contribution in [0.4, 0.5) is 0 Å². The summed E-state index contributed by atoms with van der Waals surface area (Å²) in [5.41, 5.74) is -0.136. The number of ether oxygens (including phenoxy) is 1. The van der Waals surface area contributed by atoms with Gasteiger partial charge < -0.3 is 9.84 Å². The van der Waals surface area contributed by atoms with Gasteiger partial charge in [-0.1, -0.05) is 0 Å². The van der Waals surface area contributed by atoms with Crippen molar-refractivity contribution in [2.24, 2.45) is 0 Å². The second-order valence-corrected chi connectivity index (χ2v) is 5.96. The lowest BCUT2D eigenvalue weighted by atomic mass is 9.98. The Morgan fingerprint density at radius 2 is 2.44 bits per heavy atom. The molecule has 100 valence electrons. The van der Waals surface area contributed by atoms with Crippen molar-refractivity contribution in [3.63, 3.8) is 0 Å². The van der Waals surface area contributed by atoms with Gasteiger partial charge in [-0.15, -0.1) is 11.3 Å². The summed E-state index contributed by atoms with van der Waals surface area (Å²) in [7, 11) is 1.30. The Bertz CT molecular complexity index is 441. The van der Waals surface area contributed by atoms with Crippen molar-refractivity contribution in [1.29, 1.82) is 0 Å². The number of aliphatic hydroxyl groups is 1. The maximum absolute atomic E-state index is 11.5. The highest BCUT2D eigenvalue weighted by atomic mass is 32.1. The zero-order valence-corrected chi connectivity index (χ0v) is 11.8. The van der Waals surface area contributed by atoms with Crippen molar-refractivity contribution in [1.82, 2.24) is 4.90 Å². The van der Waals surface area contributed by atoms with Crippen LogP contribution in [0, 0.1) is 0 Å². The lowest BCUT2D eigenvalue weighted by Crippen LogP contribution is -2.49. The fourth-order valence-corrected chi connectivity index (χ4v) is 3.42. The quantitative estimate of drug-likeness (QED) is 0.847. The first-order valence-corrected chi connectivity index (χ1v) is 6.95. The van der Waals surface area contributed by atoms with Gasteiger partial charge in [-0.2, -0.15) is 0 Å². The van der Waals surface area contributed by atoms with Crippen LogP contribution in [0.5, 0.6) is 0 Å². The second-order valence-electron chi connectivity index (χ2n) is 4.96. The molecule has 0 radical (unpaired) electrons. The van der Waals surface area contributed by atoms with Gasteiger partial charge in [-0.3, -0.25) is 4.90 Å². The first-order valence-electron chi connectivity index (χ1n) is 6.07. The van der Waals surface area contributed by atoms with Gasteiger partial charge in [0.2, 0.25) is 0 Å². The number of methoxy groups -OCH3 is 1. The molecule has 5 heteroatoms. The summed E-state index contributed by atoms with van der Waals surface area (Å²) in [5.74, 6) is -0.578. The maximum Gasteiger partial charge on any atom is 0.338 e. The van der Waals surface area contributed by atoms with Gasteiger partial charge in [-0.25, -0.2) is 4.79 Å². The zero-order chi connectivity index (χ0) is 13.3. The fraction of sp³-hybridized carbons (Fsp3) is 0.615. The van der Waals surface area contributed by atoms with E-state index in [1.807, 2.05) is 0 Å². The normalized spacial score (nSPS) is 23.2. The van der Waals surface area contributed by atoms with Crippen LogP contribution in [0.25, 0.3) is 0 Å². The molecule has 1 aromatic rings. The smallest absolute Gasteiger partial charge is 0.338 e. The van der Waals surface area contributed by atoms with E-state index in [9.17, 15) is 9.90 Å². The summed E-state index contributed by atoms with van der Waals surface area (Å²) >= 11 is 1.78. The van der Waals surface area contributed by atoms with Gasteiger partial charge in [0.1, 0.15) is 0 Å². The first kappa shape index (κ1) is 13.5. The molecular weight excluding hydrogens is 250 g/mol. The van der Waals surface area contributed by atoms with Crippen LogP contribution in [0.3, 0.4) is 0 Å². The van der Waals surface area contributed by atoms with Crippen molar-refractivity contribution in [2.75, 3.05) is 20.2 Å². The number of β-amino-alcohol motifs (C(OH)–C–C–N with tert-alkyl or cyclic N) is 1. The summed E-state index contributed by atoms with van der Waals surface area (Å²) in [6.07, 6.45) is 0.981. The molecule has 0 amide bonds. The lowest BCUT2D eigenvalue weighted by molar-refractivity contribution is -0.163. The largest absolute Gasteiger partial charge is 0.467 e. The minimum atomic E-state index is -1.45. The summed E-state index contributed by atoms with van der Waals surface area (Å²) < 4.78 is 4.63. The van der Waals surface area contributed by atoms with E-state index in [0.29, 0.717) is 6.54 Å². The average molecular weight is 269 g/mol. The van der Waals surface area contributed by atoms with Crippen molar-refractivity contribution < 1.29 is 14.6 Å². The predicted octanol–water partition coefficient (Wildman–Crippen LogP) is 1.59. The van der Waals surface area contributed by atoms with Crippen LogP contribution in [0.15, 0.2) is 11.4 Å². The van der Waals surface area contributed by atoms with E-state index < -0.39 is 11.6 Å². The third-order valence-corrected chi connectivity index (χ3v) is 4.54. The number of rotatable bonds is 3. The molecule has 0 saturated carbocycles. The highest BCUT2D eigenvalue weighted by Crippen LogP contribution is 2.33. The number of nitrogens with zero attached hydrogens (tertiary/aromatic N) is 1. The van der Waals surface area contributed by atoms with Crippen LogP contribution in [-0.4, -0.2) is 41.8 Å². The Kier molecular flexibility index (Phi) is 3.75. The van der Waals surface area contributed by atoms with Crippen molar-refractivity contribution in [3.8, 4) is 0 Å². The van der Waals surface area contributed by atoms with Gasteiger partial charge >= 0.3 is 5.97 Å². The molecule has 2 rings (SSSR count). The fourth-order valence-electron chi connectivity index (χ4n) is 2.46. The Balaban J connectivity index is 2.10. The van der Waals surface area contributed by atoms with Gasteiger partial charge in [0.05, 0.1) is 7.11 Å². The third kappa shape index (κ3) is 2.43. The first-order chi connectivity index (χ1) is 8.45. The van der Waals surface area contributed by atoms with Gasteiger partial charge in [0.25, 0.3) is 0 Å². The Labute approximate surface area is 111 Å². The standard InChI is InChI=1S/C13H19NO3S/c1-9-10-5-7-18-11(10)4-6-14(9)8-13(2,16)12(15)17-3/h5,7,9,16H,4,6,8H2,1-3H3. The van der Waals surface area contributed by atoms with E-state index in [1.165, 1.54) is 24.5 Å². The van der Waals surface area contributed by atoms with Crippen LogP contribution < -0.4 is 0 Å². The third-order valence-electron chi connectivity index (χ3n) is 3.54. The van der Waals surface area contributed by atoms with E-state index in [-0.39, 0.29) is 6.04 Å². The molecule has 0 fully saturated rings. The second kappa shape index (κ2) is 4.99. The molecule has 0 bridgehead atoms. The number of hydrogen-bond acceptors (Lipinski definition) is 5. The minimum absolute atomic E-state index is 0.233. The molecule has 2 atom stereocenters. The molecule has 0 aliphatic carbocycles. The molecule has 0 spiro atoms. The van der Waals surface area contributed by atoms with E-state index >= 15 is 0 Å². The van der Waals surface area contributed by atoms with E-state index in [4.69, 9.17) is 0 Å². The highest BCUT2D eigenvalue weighted by molar-refractivity contribution is 7.10. The number of carbonyl (C=O) groups excluding carboxylic acids is 1. The average Bonchev–Trinajstić information content (AvgIpc) is 2.80. The number of fused-ring (bicyclic) bond motifs is 1. The van der Waals surface area contributed by atoms with Gasteiger partial charge in [0, 0.05) is 24.0 Å². The van der Waals surface area contributed by atoms with Crippen molar-refractivity contribution in [3.05, 3.63) is 21.9 Å². The number of hydrogen-bond donors (Lipinski definition) is 1. The Morgan fingerprint density at radius 3 is 3.11 bits per heavy atom. The zero-order valence-electron chi connectivity index (χ0n) is 11.0. The number of esters is 1. The number of thiophene rings is 1. The summed E-state index contributed by atoms with van der Waals surface area (Å²) in [4.78, 5) is 15.1. The van der Waals surface area contributed by atoms with Gasteiger partial charge in [-0.05, 0) is 37.3 Å². The monoisotopic (exact) mass is 269 g/mol. The van der Waals surface area contributed by atoms with Crippen LogP contribution in [0.1, 0.15) is 30.3 Å². The molecule has 2 unspecified atom stereocenters. The SMILES string of the molecule is COC(=O)C(C)(O)CN1CCc2sccc2C1C. The van der Waals surface area contributed by atoms with Crippen molar-refractivity contribution in [2.45, 2.75) is 31.9 Å². The van der Waals surface area contributed by atoms with E-state index in [2.05, 4.69) is 28.0 Å². The molecule has 1 aliphatic heterocycles. The molecule has 1 aliphatic rings. The minimum Gasteiger partial charge on any atom is -0.467 e. The molecule has 2 heterocycles. The van der Waals surface area contributed by atoms with Gasteiger partial charge in [0.15, 0.2) is 5.60 Å². The molecule has 0 saturated heterocycles. The molecule has 18 heavy (non-hydrogen) atoms. The predicted molar refractivity (Wildman–Crippen MR) is 70.7 cm³/mol. The summed E-state index contributed by atoms with van der Waals surface area (Å²) in [5, 5.41) is 12.2. The molecule has 1 N–H and O–H groups in total. The van der Waals surface area contributed by atoms with Crippen LogP contribution in [0.2, 0.25) is 0 Å². The Morgan fingerprint density at radius 1 is 1.72 bits per heavy atom. The number of carbonyl (C=O) groups is 1. The summed E-state index contributed by atoms with van der Waals surface area (Å²) in [6.45, 7) is 4.78.